The summed E-state index contributed by atoms with van der Waals surface area (Å²) in [5.74, 6) is 0. The zero-order valence-corrected chi connectivity index (χ0v) is 8.18. The number of fused-ring (bicyclic) bond motifs is 1. The van der Waals surface area contributed by atoms with Crippen LogP contribution in [0.3, 0.4) is 0 Å². The van der Waals surface area contributed by atoms with Crippen LogP contribution in [0.15, 0.2) is 43.2 Å². The van der Waals surface area contributed by atoms with Crippen molar-refractivity contribution in [2.24, 2.45) is 0 Å². The van der Waals surface area contributed by atoms with E-state index in [0.29, 0.717) is 6.54 Å². The topological polar surface area (TPSA) is 46.9 Å². The Labute approximate surface area is 87.2 Å². The highest BCUT2D eigenvalue weighted by Crippen LogP contribution is 2.10. The van der Waals surface area contributed by atoms with Crippen LogP contribution in [0.4, 0.5) is 4.79 Å². The van der Waals surface area contributed by atoms with Gasteiger partial charge in [-0.2, -0.15) is 0 Å². The first-order valence-electron chi connectivity index (χ1n) is 4.64. The number of hydrogen-bond acceptors (Lipinski definition) is 2. The Morgan fingerprint density at radius 2 is 2.33 bits per heavy atom. The summed E-state index contributed by atoms with van der Waals surface area (Å²) in [5.41, 5.74) is 1.62. The van der Waals surface area contributed by atoms with Crippen LogP contribution < -0.4 is 5.32 Å². The number of nitrogens with one attached hydrogen (secondary N) is 1. The van der Waals surface area contributed by atoms with Crippen LogP contribution >= 0.6 is 0 Å². The third-order valence-corrected chi connectivity index (χ3v) is 2.07. The number of amides is 1. The number of carbonyl (C=O) groups is 1. The molecule has 0 saturated carbocycles. The minimum atomic E-state index is -0.191. The zero-order valence-electron chi connectivity index (χ0n) is 8.18. The quantitative estimate of drug-likeness (QED) is 0.753. The molecule has 0 fully saturated rings. The molecule has 2 rings (SSSR count). The Balaban J connectivity index is 2.35. The fourth-order valence-electron chi connectivity index (χ4n) is 1.37. The molecule has 0 saturated heterocycles. The third-order valence-electron chi connectivity index (χ3n) is 2.07. The standard InChI is InChI=1S/C11H11N3O/c1-2-7-12-11(15)14-8-13-9-5-3-4-6-10(9)14/h2-6,8H,1,7H2,(H,12,15). The highest BCUT2D eigenvalue weighted by molar-refractivity contribution is 5.88. The second kappa shape index (κ2) is 3.96. The van der Waals surface area contributed by atoms with Crippen molar-refractivity contribution in [2.45, 2.75) is 0 Å². The number of para-hydroxylation sites is 2. The van der Waals surface area contributed by atoms with Crippen molar-refractivity contribution < 1.29 is 4.79 Å². The Bertz CT molecular complexity index is 501. The molecule has 0 aliphatic carbocycles. The van der Waals surface area contributed by atoms with E-state index in [-0.39, 0.29) is 6.03 Å². The van der Waals surface area contributed by atoms with Gasteiger partial charge >= 0.3 is 6.03 Å². The van der Waals surface area contributed by atoms with Crippen LogP contribution in [0.25, 0.3) is 11.0 Å². The largest absolute Gasteiger partial charge is 0.334 e. The molecule has 0 spiro atoms. The smallest absolute Gasteiger partial charge is 0.327 e. The van der Waals surface area contributed by atoms with Gasteiger partial charge in [0.25, 0.3) is 0 Å². The number of imidazole rings is 1. The van der Waals surface area contributed by atoms with Crippen molar-refractivity contribution in [1.29, 1.82) is 0 Å². The van der Waals surface area contributed by atoms with Gasteiger partial charge < -0.3 is 5.32 Å². The third kappa shape index (κ3) is 1.74. The molecule has 2 aromatic rings. The molecule has 1 amide bonds. The van der Waals surface area contributed by atoms with Gasteiger partial charge in [-0.25, -0.2) is 9.78 Å². The highest BCUT2D eigenvalue weighted by Gasteiger charge is 2.07. The van der Waals surface area contributed by atoms with Crippen LogP contribution in [0.1, 0.15) is 0 Å². The van der Waals surface area contributed by atoms with E-state index in [9.17, 15) is 4.79 Å². The number of rotatable bonds is 2. The van der Waals surface area contributed by atoms with Gasteiger partial charge in [0.2, 0.25) is 0 Å². The molecular weight excluding hydrogens is 190 g/mol. The lowest BCUT2D eigenvalue weighted by atomic mass is 10.3. The van der Waals surface area contributed by atoms with E-state index in [4.69, 9.17) is 0 Å². The minimum Gasteiger partial charge on any atom is -0.334 e. The molecular formula is C11H11N3O. The van der Waals surface area contributed by atoms with Gasteiger partial charge in [-0.1, -0.05) is 18.2 Å². The number of aromatic nitrogens is 2. The molecule has 1 heterocycles. The average molecular weight is 201 g/mol. The summed E-state index contributed by atoms with van der Waals surface area (Å²) in [6.07, 6.45) is 3.15. The summed E-state index contributed by atoms with van der Waals surface area (Å²) < 4.78 is 1.48. The van der Waals surface area contributed by atoms with Gasteiger partial charge in [-0.3, -0.25) is 4.57 Å². The molecule has 1 aromatic heterocycles. The first-order chi connectivity index (χ1) is 7.33. The van der Waals surface area contributed by atoms with E-state index in [1.807, 2.05) is 24.3 Å². The molecule has 0 unspecified atom stereocenters. The second-order valence-electron chi connectivity index (χ2n) is 3.08. The predicted octanol–water partition coefficient (Wildman–Crippen LogP) is 1.78. The molecule has 0 aliphatic rings. The predicted molar refractivity (Wildman–Crippen MR) is 58.7 cm³/mol. The molecule has 0 radical (unpaired) electrons. The summed E-state index contributed by atoms with van der Waals surface area (Å²) >= 11 is 0. The van der Waals surface area contributed by atoms with Gasteiger partial charge in [-0.05, 0) is 12.1 Å². The summed E-state index contributed by atoms with van der Waals surface area (Å²) in [7, 11) is 0. The van der Waals surface area contributed by atoms with Gasteiger partial charge in [-0.15, -0.1) is 6.58 Å². The van der Waals surface area contributed by atoms with Crippen molar-refractivity contribution in [3.05, 3.63) is 43.2 Å². The molecule has 0 bridgehead atoms. The van der Waals surface area contributed by atoms with E-state index in [1.165, 1.54) is 10.9 Å². The van der Waals surface area contributed by atoms with E-state index >= 15 is 0 Å². The fourth-order valence-corrected chi connectivity index (χ4v) is 1.37. The van der Waals surface area contributed by atoms with Crippen LogP contribution in [-0.2, 0) is 0 Å². The molecule has 4 nitrogen and oxygen atoms in total. The highest BCUT2D eigenvalue weighted by atomic mass is 16.2. The van der Waals surface area contributed by atoms with Crippen molar-refractivity contribution in [3.8, 4) is 0 Å². The van der Waals surface area contributed by atoms with Crippen LogP contribution in [0.5, 0.6) is 0 Å². The van der Waals surface area contributed by atoms with Crippen LogP contribution in [0, 0.1) is 0 Å². The summed E-state index contributed by atoms with van der Waals surface area (Å²) in [6.45, 7) is 3.99. The lowest BCUT2D eigenvalue weighted by Gasteiger charge is -2.02. The molecule has 76 valence electrons. The first kappa shape index (κ1) is 9.45. The zero-order chi connectivity index (χ0) is 10.7. The number of nitrogens with zero attached hydrogens (tertiary/aromatic N) is 2. The summed E-state index contributed by atoms with van der Waals surface area (Å²) in [6, 6.07) is 7.30. The number of benzene rings is 1. The van der Waals surface area contributed by atoms with E-state index < -0.39 is 0 Å². The molecule has 0 atom stereocenters. The molecule has 4 heteroatoms. The van der Waals surface area contributed by atoms with Gasteiger partial charge in [0.05, 0.1) is 11.0 Å². The average Bonchev–Trinajstić information content (AvgIpc) is 2.69. The first-order valence-corrected chi connectivity index (χ1v) is 4.64. The van der Waals surface area contributed by atoms with Crippen LogP contribution in [0.2, 0.25) is 0 Å². The van der Waals surface area contributed by atoms with E-state index in [0.717, 1.165) is 11.0 Å². The summed E-state index contributed by atoms with van der Waals surface area (Å²) in [4.78, 5) is 15.8. The van der Waals surface area contributed by atoms with Crippen molar-refractivity contribution >= 4 is 17.1 Å². The van der Waals surface area contributed by atoms with Gasteiger partial charge in [0, 0.05) is 6.54 Å². The maximum absolute atomic E-state index is 11.6. The van der Waals surface area contributed by atoms with Crippen molar-refractivity contribution in [2.75, 3.05) is 6.54 Å². The number of hydrogen-bond donors (Lipinski definition) is 1. The Morgan fingerprint density at radius 3 is 3.13 bits per heavy atom. The van der Waals surface area contributed by atoms with Gasteiger partial charge in [0.1, 0.15) is 6.33 Å². The lowest BCUT2D eigenvalue weighted by molar-refractivity contribution is 0.244. The monoisotopic (exact) mass is 201 g/mol. The SMILES string of the molecule is C=CCNC(=O)n1cnc2ccccc21. The molecule has 1 N–H and O–H groups in total. The minimum absolute atomic E-state index is 0.191. The molecule has 1 aromatic carbocycles. The van der Waals surface area contributed by atoms with Crippen molar-refractivity contribution in [1.82, 2.24) is 14.9 Å². The molecule has 0 aliphatic heterocycles. The van der Waals surface area contributed by atoms with Gasteiger partial charge in [0.15, 0.2) is 0 Å². The van der Waals surface area contributed by atoms with E-state index in [2.05, 4.69) is 16.9 Å². The Kier molecular flexibility index (Phi) is 2.49. The molecule has 15 heavy (non-hydrogen) atoms. The maximum atomic E-state index is 11.6. The second-order valence-corrected chi connectivity index (χ2v) is 3.08. The Morgan fingerprint density at radius 1 is 1.53 bits per heavy atom. The summed E-state index contributed by atoms with van der Waals surface area (Å²) in [5, 5.41) is 2.69. The maximum Gasteiger partial charge on any atom is 0.327 e. The normalized spacial score (nSPS) is 10.1. The fraction of sp³-hybridized carbons (Fsp3) is 0.0909. The van der Waals surface area contributed by atoms with Crippen molar-refractivity contribution in [3.63, 3.8) is 0 Å². The Hall–Kier alpha value is -2.10. The van der Waals surface area contributed by atoms with Crippen LogP contribution in [-0.4, -0.2) is 22.1 Å². The number of carbonyl (C=O) groups excluding carboxylic acids is 1. The lowest BCUT2D eigenvalue weighted by Crippen LogP contribution is -2.27. The van der Waals surface area contributed by atoms with E-state index in [1.54, 1.807) is 6.08 Å².